The van der Waals surface area contributed by atoms with Crippen LogP contribution in [-0.2, 0) is 10.0 Å². The highest BCUT2D eigenvalue weighted by Crippen LogP contribution is 2.28. The summed E-state index contributed by atoms with van der Waals surface area (Å²) in [5, 5.41) is 9.71. The fourth-order valence-corrected chi connectivity index (χ4v) is 5.13. The van der Waals surface area contributed by atoms with Crippen LogP contribution in [0.3, 0.4) is 0 Å². The lowest BCUT2D eigenvalue weighted by Gasteiger charge is -2.35. The number of hydrogen-bond acceptors (Lipinski definition) is 5. The fraction of sp³-hybridized carbons (Fsp3) is 0.409. The van der Waals surface area contributed by atoms with Gasteiger partial charge in [0.25, 0.3) is 10.0 Å². The molecule has 0 atom stereocenters. The molecular formula is C22H29N3O4S. The summed E-state index contributed by atoms with van der Waals surface area (Å²) in [6.45, 7) is 12.1. The van der Waals surface area contributed by atoms with E-state index in [-0.39, 0.29) is 16.1 Å². The number of carboxylic acids is 1. The number of nitrogens with one attached hydrogen (secondary N) is 1. The minimum Gasteiger partial charge on any atom is -0.478 e. The van der Waals surface area contributed by atoms with Crippen molar-refractivity contribution in [3.8, 4) is 0 Å². The molecule has 0 bridgehead atoms. The zero-order chi connectivity index (χ0) is 22.1. The van der Waals surface area contributed by atoms with Gasteiger partial charge in [-0.05, 0) is 68.3 Å². The lowest BCUT2D eigenvalue weighted by Crippen LogP contribution is -2.46. The molecule has 3 rings (SSSR count). The van der Waals surface area contributed by atoms with Gasteiger partial charge in [-0.15, -0.1) is 0 Å². The van der Waals surface area contributed by atoms with Crippen molar-refractivity contribution in [1.82, 2.24) is 4.90 Å². The molecule has 1 aliphatic heterocycles. The number of nitrogens with zero attached hydrogens (tertiary/aromatic N) is 2. The van der Waals surface area contributed by atoms with Gasteiger partial charge in [0.05, 0.1) is 16.1 Å². The summed E-state index contributed by atoms with van der Waals surface area (Å²) in [6.07, 6.45) is 0. The zero-order valence-electron chi connectivity index (χ0n) is 17.9. The number of rotatable bonds is 6. The first-order valence-electron chi connectivity index (χ1n) is 10.1. The summed E-state index contributed by atoms with van der Waals surface area (Å²) in [4.78, 5) is 16.5. The molecule has 1 saturated heterocycles. The Morgan fingerprint density at radius 1 is 1.00 bits per heavy atom. The maximum absolute atomic E-state index is 13.0. The van der Waals surface area contributed by atoms with Crippen LogP contribution in [0.4, 0.5) is 11.4 Å². The van der Waals surface area contributed by atoms with Crippen LogP contribution in [0, 0.1) is 20.8 Å². The van der Waals surface area contributed by atoms with Crippen LogP contribution in [-0.4, -0.2) is 57.1 Å². The van der Waals surface area contributed by atoms with Gasteiger partial charge in [0, 0.05) is 31.9 Å². The molecule has 1 heterocycles. The Kier molecular flexibility index (Phi) is 6.38. The van der Waals surface area contributed by atoms with E-state index in [0.717, 1.165) is 49.5 Å². The Hall–Kier alpha value is -2.58. The number of carboxylic acid groups (broad SMARTS) is 1. The molecule has 0 spiro atoms. The molecule has 1 fully saturated rings. The highest BCUT2D eigenvalue weighted by atomic mass is 32.2. The number of anilines is 2. The van der Waals surface area contributed by atoms with E-state index in [1.165, 1.54) is 0 Å². The maximum atomic E-state index is 13.0. The normalized spacial score (nSPS) is 15.3. The molecule has 2 N–H and O–H groups in total. The second kappa shape index (κ2) is 8.65. The third-order valence-electron chi connectivity index (χ3n) is 5.74. The average Bonchev–Trinajstić information content (AvgIpc) is 2.70. The van der Waals surface area contributed by atoms with Crippen LogP contribution in [0.25, 0.3) is 0 Å². The molecule has 1 aliphatic rings. The van der Waals surface area contributed by atoms with Crippen LogP contribution in [0.2, 0.25) is 0 Å². The van der Waals surface area contributed by atoms with Gasteiger partial charge in [-0.3, -0.25) is 4.72 Å². The Balaban J connectivity index is 1.91. The van der Waals surface area contributed by atoms with Crippen molar-refractivity contribution in [2.24, 2.45) is 0 Å². The summed E-state index contributed by atoms with van der Waals surface area (Å²) in [5.74, 6) is -1.17. The molecule has 7 nitrogen and oxygen atoms in total. The van der Waals surface area contributed by atoms with E-state index >= 15 is 0 Å². The standard InChI is InChI=1S/C22H29N3O4S/c1-5-24-8-10-25(11-9-24)18-6-7-20(19(14-18)22(26)27)23-30(28,29)21-13-16(3)15(2)12-17(21)4/h6-7,12-14,23H,5,8-11H2,1-4H3,(H,26,27). The van der Waals surface area contributed by atoms with Gasteiger partial charge in [0.1, 0.15) is 0 Å². The van der Waals surface area contributed by atoms with Gasteiger partial charge in [-0.1, -0.05) is 13.0 Å². The van der Waals surface area contributed by atoms with Crippen molar-refractivity contribution in [2.45, 2.75) is 32.6 Å². The van der Waals surface area contributed by atoms with Gasteiger partial charge < -0.3 is 14.9 Å². The molecule has 0 amide bonds. The molecule has 0 radical (unpaired) electrons. The van der Waals surface area contributed by atoms with E-state index in [1.807, 2.05) is 19.9 Å². The van der Waals surface area contributed by atoms with Crippen LogP contribution in [0.1, 0.15) is 34.0 Å². The average molecular weight is 432 g/mol. The zero-order valence-corrected chi connectivity index (χ0v) is 18.7. The predicted molar refractivity (Wildman–Crippen MR) is 119 cm³/mol. The number of sulfonamides is 1. The molecular weight excluding hydrogens is 402 g/mol. The molecule has 0 aromatic heterocycles. The lowest BCUT2D eigenvalue weighted by molar-refractivity contribution is 0.0698. The van der Waals surface area contributed by atoms with Crippen LogP contribution in [0.5, 0.6) is 0 Å². The minimum atomic E-state index is -3.92. The number of piperazine rings is 1. The summed E-state index contributed by atoms with van der Waals surface area (Å²) < 4.78 is 28.5. The molecule has 0 aliphatic carbocycles. The minimum absolute atomic E-state index is 0.0597. The molecule has 8 heteroatoms. The Morgan fingerprint density at radius 3 is 2.23 bits per heavy atom. The Morgan fingerprint density at radius 2 is 1.63 bits per heavy atom. The largest absolute Gasteiger partial charge is 0.478 e. The number of likely N-dealkylation sites (N-methyl/N-ethyl adjacent to an activating group) is 1. The van der Waals surface area contributed by atoms with Crippen molar-refractivity contribution >= 4 is 27.4 Å². The number of hydrogen-bond donors (Lipinski definition) is 2. The molecule has 0 saturated carbocycles. The Bertz CT molecular complexity index is 1060. The first-order chi connectivity index (χ1) is 14.1. The molecule has 30 heavy (non-hydrogen) atoms. The van der Waals surface area contributed by atoms with Crippen molar-refractivity contribution in [3.63, 3.8) is 0 Å². The number of aromatic carboxylic acids is 1. The van der Waals surface area contributed by atoms with E-state index < -0.39 is 16.0 Å². The third-order valence-corrected chi connectivity index (χ3v) is 7.25. The highest BCUT2D eigenvalue weighted by molar-refractivity contribution is 7.92. The lowest BCUT2D eigenvalue weighted by atomic mass is 10.1. The van der Waals surface area contributed by atoms with Gasteiger partial charge >= 0.3 is 5.97 Å². The van der Waals surface area contributed by atoms with Gasteiger partial charge in [0.15, 0.2) is 0 Å². The van der Waals surface area contributed by atoms with E-state index in [2.05, 4.69) is 21.4 Å². The quantitative estimate of drug-likeness (QED) is 0.730. The summed E-state index contributed by atoms with van der Waals surface area (Å²) in [5.41, 5.74) is 3.28. The van der Waals surface area contributed by atoms with Crippen molar-refractivity contribution in [1.29, 1.82) is 0 Å². The number of carbonyl (C=O) groups is 1. The maximum Gasteiger partial charge on any atom is 0.337 e. The third kappa shape index (κ3) is 4.60. The topological polar surface area (TPSA) is 90.0 Å². The van der Waals surface area contributed by atoms with Crippen LogP contribution in [0.15, 0.2) is 35.2 Å². The van der Waals surface area contributed by atoms with Crippen LogP contribution >= 0.6 is 0 Å². The SMILES string of the molecule is CCN1CCN(c2ccc(NS(=O)(=O)c3cc(C)c(C)cc3C)c(C(=O)O)c2)CC1. The predicted octanol–water partition coefficient (Wildman–Crippen LogP) is 3.25. The molecule has 2 aromatic carbocycles. The summed E-state index contributed by atoms with van der Waals surface area (Å²) in [6, 6.07) is 8.31. The van der Waals surface area contributed by atoms with Gasteiger partial charge in [0.2, 0.25) is 0 Å². The fourth-order valence-electron chi connectivity index (χ4n) is 3.74. The first-order valence-corrected chi connectivity index (χ1v) is 11.6. The van der Waals surface area contributed by atoms with E-state index in [0.29, 0.717) is 5.56 Å². The monoisotopic (exact) mass is 431 g/mol. The first kappa shape index (κ1) is 22.1. The van der Waals surface area contributed by atoms with Crippen molar-refractivity contribution in [3.05, 3.63) is 52.6 Å². The summed E-state index contributed by atoms with van der Waals surface area (Å²) in [7, 11) is -3.92. The number of aryl methyl sites for hydroxylation is 3. The van der Waals surface area contributed by atoms with Crippen molar-refractivity contribution < 1.29 is 18.3 Å². The van der Waals surface area contributed by atoms with Gasteiger partial charge in [-0.25, -0.2) is 13.2 Å². The number of benzene rings is 2. The highest BCUT2D eigenvalue weighted by Gasteiger charge is 2.23. The second-order valence-corrected chi connectivity index (χ2v) is 9.41. The summed E-state index contributed by atoms with van der Waals surface area (Å²) >= 11 is 0. The smallest absolute Gasteiger partial charge is 0.337 e. The van der Waals surface area contributed by atoms with Gasteiger partial charge in [-0.2, -0.15) is 0 Å². The molecule has 0 unspecified atom stereocenters. The van der Waals surface area contributed by atoms with Crippen LogP contribution < -0.4 is 9.62 Å². The molecule has 2 aromatic rings. The van der Waals surface area contributed by atoms with Crippen molar-refractivity contribution in [2.75, 3.05) is 42.3 Å². The molecule has 162 valence electrons. The second-order valence-electron chi connectivity index (χ2n) is 7.76. The van der Waals surface area contributed by atoms with E-state index in [1.54, 1.807) is 31.2 Å². The van der Waals surface area contributed by atoms with E-state index in [9.17, 15) is 18.3 Å². The van der Waals surface area contributed by atoms with E-state index in [4.69, 9.17) is 0 Å². The Labute approximate surface area is 178 Å².